The Morgan fingerprint density at radius 1 is 1.24 bits per heavy atom. The molecule has 2 aromatic heterocycles. The van der Waals surface area contributed by atoms with E-state index in [2.05, 4.69) is 15.3 Å². The Morgan fingerprint density at radius 2 is 2.05 bits per heavy atom. The second-order valence-corrected chi connectivity index (χ2v) is 11.9. The van der Waals surface area contributed by atoms with Gasteiger partial charge in [-0.25, -0.2) is 9.97 Å². The van der Waals surface area contributed by atoms with Crippen LogP contribution < -0.4 is 5.32 Å². The Balaban J connectivity index is 1.34. The zero-order valence-corrected chi connectivity index (χ0v) is 23.5. The normalized spacial score (nSPS) is 16.7. The van der Waals surface area contributed by atoms with Crippen LogP contribution in [0.2, 0.25) is 10.0 Å². The molecule has 38 heavy (non-hydrogen) atoms. The number of carboxylic acid groups (broad SMARTS) is 1. The zero-order valence-electron chi connectivity index (χ0n) is 20.3. The van der Waals surface area contributed by atoms with Gasteiger partial charge in [-0.15, -0.1) is 11.3 Å². The van der Waals surface area contributed by atoms with Crippen LogP contribution in [0.15, 0.2) is 42.6 Å². The van der Waals surface area contributed by atoms with Gasteiger partial charge in [0, 0.05) is 28.2 Å². The van der Waals surface area contributed by atoms with Crippen LogP contribution in [0, 0.1) is 0 Å². The fourth-order valence-electron chi connectivity index (χ4n) is 4.32. The van der Waals surface area contributed by atoms with Crippen molar-refractivity contribution in [3.8, 4) is 0 Å². The van der Waals surface area contributed by atoms with Gasteiger partial charge in [0.25, 0.3) is 0 Å². The number of hydrogen-bond donors (Lipinski definition) is 2. The van der Waals surface area contributed by atoms with Crippen LogP contribution in [0.25, 0.3) is 10.2 Å². The van der Waals surface area contributed by atoms with Crippen molar-refractivity contribution in [1.82, 2.24) is 15.0 Å². The number of ketones is 1. The number of para-hydroxylation sites is 1. The lowest BCUT2D eigenvalue weighted by Crippen LogP contribution is -2.29. The molecule has 1 fully saturated rings. The Kier molecular flexibility index (Phi) is 8.27. The van der Waals surface area contributed by atoms with E-state index in [1.807, 2.05) is 24.3 Å². The molecule has 0 aliphatic carbocycles. The Morgan fingerprint density at radius 3 is 2.82 bits per heavy atom. The van der Waals surface area contributed by atoms with E-state index < -0.39 is 12.1 Å². The summed E-state index contributed by atoms with van der Waals surface area (Å²) in [5, 5.41) is 16.2. The molecule has 5 rings (SSSR count). The van der Waals surface area contributed by atoms with Gasteiger partial charge in [-0.3, -0.25) is 14.4 Å². The van der Waals surface area contributed by atoms with Gasteiger partial charge in [0.05, 0.1) is 33.4 Å². The topological polar surface area (TPSA) is 105 Å². The lowest BCUT2D eigenvalue weighted by atomic mass is 10.1. The van der Waals surface area contributed by atoms with Crippen molar-refractivity contribution < 1.29 is 19.5 Å². The van der Waals surface area contributed by atoms with E-state index >= 15 is 0 Å². The van der Waals surface area contributed by atoms with Gasteiger partial charge >= 0.3 is 5.97 Å². The molecule has 198 valence electrons. The van der Waals surface area contributed by atoms with Crippen LogP contribution in [-0.2, 0) is 20.8 Å². The molecule has 12 heteroatoms. The molecule has 0 radical (unpaired) electrons. The number of anilines is 2. The Hall–Kier alpha value is -2.60. The first kappa shape index (κ1) is 27.0. The van der Waals surface area contributed by atoms with Crippen LogP contribution in [0.3, 0.4) is 0 Å². The molecule has 0 spiro atoms. The number of aryl methyl sites for hydroxylation is 1. The largest absolute Gasteiger partial charge is 0.481 e. The van der Waals surface area contributed by atoms with Gasteiger partial charge in [-0.05, 0) is 50.5 Å². The number of hydrogen-bond acceptors (Lipinski definition) is 9. The maximum Gasteiger partial charge on any atom is 0.303 e. The minimum absolute atomic E-state index is 0.0575. The minimum Gasteiger partial charge on any atom is -0.481 e. The molecule has 2 N–H and O–H groups in total. The number of carbonyl (C=O) groups excluding carboxylic acids is 1. The number of nitrogens with one attached hydrogen (secondary N) is 1. The number of benzene rings is 2. The number of hydroxylamine groups is 2. The number of carboxylic acids is 1. The van der Waals surface area contributed by atoms with Crippen LogP contribution in [0.5, 0.6) is 0 Å². The maximum atomic E-state index is 12.7. The van der Waals surface area contributed by atoms with Crippen LogP contribution in [0.4, 0.5) is 10.8 Å². The quantitative estimate of drug-likeness (QED) is 0.199. The van der Waals surface area contributed by atoms with Crippen LogP contribution in [0.1, 0.15) is 53.8 Å². The smallest absolute Gasteiger partial charge is 0.303 e. The first-order valence-electron chi connectivity index (χ1n) is 12.0. The molecule has 1 aliphatic heterocycles. The molecular formula is C26H24Cl2N4O4S2. The third-order valence-electron chi connectivity index (χ3n) is 6.16. The molecular weight excluding hydrogens is 567 g/mol. The molecule has 2 atom stereocenters. The molecule has 1 aliphatic rings. The number of Topliss-reactive ketones (excluding diaryl/α,β-unsaturated/α-hetero) is 1. The van der Waals surface area contributed by atoms with E-state index in [1.165, 1.54) is 29.6 Å². The molecule has 4 aromatic rings. The third-order valence-corrected chi connectivity index (χ3v) is 8.91. The van der Waals surface area contributed by atoms with Gasteiger partial charge in [-0.1, -0.05) is 46.7 Å². The monoisotopic (exact) mass is 590 g/mol. The summed E-state index contributed by atoms with van der Waals surface area (Å²) in [6, 6.07) is 11.0. The van der Waals surface area contributed by atoms with Gasteiger partial charge in [0.2, 0.25) is 0 Å². The number of carbonyl (C=O) groups is 2. The molecule has 8 nitrogen and oxygen atoms in total. The van der Waals surface area contributed by atoms with Crippen molar-refractivity contribution in [3.05, 3.63) is 68.1 Å². The summed E-state index contributed by atoms with van der Waals surface area (Å²) >= 11 is 16.3. The van der Waals surface area contributed by atoms with Crippen molar-refractivity contribution in [2.75, 3.05) is 11.9 Å². The number of thiazole rings is 2. The SMILES string of the molecule is CC(=O)C(ON1CCC[C@H]1c1ncc(CCC(=O)O)s1)c1cc(Cl)c(Nc2nc3ccccc3s2)cc1Cl. The summed E-state index contributed by atoms with van der Waals surface area (Å²) in [7, 11) is 0. The molecule has 2 aromatic carbocycles. The highest BCUT2D eigenvalue weighted by atomic mass is 35.5. The third kappa shape index (κ3) is 6.01. The summed E-state index contributed by atoms with van der Waals surface area (Å²) in [6.45, 7) is 2.09. The second kappa shape index (κ2) is 11.6. The highest BCUT2D eigenvalue weighted by molar-refractivity contribution is 7.22. The average molecular weight is 592 g/mol. The van der Waals surface area contributed by atoms with Crippen molar-refractivity contribution >= 4 is 78.7 Å². The van der Waals surface area contributed by atoms with E-state index in [-0.39, 0.29) is 18.2 Å². The van der Waals surface area contributed by atoms with Gasteiger partial charge in [0.1, 0.15) is 5.01 Å². The number of halogens is 2. The number of aromatic nitrogens is 2. The Bertz CT molecular complexity index is 1460. The first-order chi connectivity index (χ1) is 18.3. The first-order valence-corrected chi connectivity index (χ1v) is 14.4. The molecule has 3 heterocycles. The highest BCUT2D eigenvalue weighted by Gasteiger charge is 2.34. The summed E-state index contributed by atoms with van der Waals surface area (Å²) in [6.07, 6.45) is 2.96. The average Bonchev–Trinajstić information content (AvgIpc) is 3.62. The molecule has 0 amide bonds. The number of aliphatic carboxylic acids is 1. The van der Waals surface area contributed by atoms with E-state index in [1.54, 1.807) is 23.4 Å². The van der Waals surface area contributed by atoms with Crippen molar-refractivity contribution in [2.45, 2.75) is 44.8 Å². The summed E-state index contributed by atoms with van der Waals surface area (Å²) in [4.78, 5) is 39.9. The summed E-state index contributed by atoms with van der Waals surface area (Å²) < 4.78 is 1.05. The van der Waals surface area contributed by atoms with Gasteiger partial charge in [0.15, 0.2) is 17.0 Å². The number of rotatable bonds is 10. The zero-order chi connectivity index (χ0) is 26.8. The predicted molar refractivity (Wildman–Crippen MR) is 151 cm³/mol. The summed E-state index contributed by atoms with van der Waals surface area (Å²) in [5.41, 5.74) is 1.95. The van der Waals surface area contributed by atoms with Crippen molar-refractivity contribution in [2.24, 2.45) is 0 Å². The van der Waals surface area contributed by atoms with E-state index in [4.69, 9.17) is 33.1 Å². The van der Waals surface area contributed by atoms with Crippen molar-refractivity contribution in [3.63, 3.8) is 0 Å². The second-order valence-electron chi connectivity index (χ2n) is 8.92. The fourth-order valence-corrected chi connectivity index (χ4v) is 6.74. The predicted octanol–water partition coefficient (Wildman–Crippen LogP) is 7.22. The number of fused-ring (bicyclic) bond motifs is 1. The number of nitrogens with zero attached hydrogens (tertiary/aromatic N) is 3. The van der Waals surface area contributed by atoms with Crippen molar-refractivity contribution in [1.29, 1.82) is 0 Å². The molecule has 1 unspecified atom stereocenters. The van der Waals surface area contributed by atoms with E-state index in [0.29, 0.717) is 39.4 Å². The summed E-state index contributed by atoms with van der Waals surface area (Å²) in [5.74, 6) is -1.05. The standard InChI is InChI=1S/C26H24Cl2N4O4S2/c1-14(33)24(36-32-10-4-6-21(32)25-29-13-15(37-25)8-9-23(34)35)16-11-18(28)20(12-17(16)27)31-26-30-19-5-2-3-7-22(19)38-26/h2-3,5,7,11-13,21,24H,4,6,8-10H2,1H3,(H,30,31)(H,34,35)/t21-,24?/m0/s1. The minimum atomic E-state index is -0.941. The fraction of sp³-hybridized carbons (Fsp3) is 0.308. The van der Waals surface area contributed by atoms with E-state index in [9.17, 15) is 9.59 Å². The highest BCUT2D eigenvalue weighted by Crippen LogP contribution is 2.41. The molecule has 0 saturated carbocycles. The van der Waals surface area contributed by atoms with Crippen LogP contribution in [-0.4, -0.2) is 38.4 Å². The van der Waals surface area contributed by atoms with Gasteiger partial charge in [-0.2, -0.15) is 5.06 Å². The maximum absolute atomic E-state index is 12.7. The van der Waals surface area contributed by atoms with Crippen LogP contribution >= 0.6 is 45.9 Å². The lowest BCUT2D eigenvalue weighted by Gasteiger charge is -2.27. The Labute approximate surface area is 237 Å². The van der Waals surface area contributed by atoms with Gasteiger partial charge < -0.3 is 10.4 Å². The molecule has 0 bridgehead atoms. The molecule has 1 saturated heterocycles. The lowest BCUT2D eigenvalue weighted by molar-refractivity contribution is -0.209. The van der Waals surface area contributed by atoms with E-state index in [0.717, 1.165) is 32.9 Å².